The quantitative estimate of drug-likeness (QED) is 0.924. The minimum atomic E-state index is 0.537. The molecule has 1 aliphatic rings. The van der Waals surface area contributed by atoms with Crippen LogP contribution in [-0.2, 0) is 6.54 Å². The third kappa shape index (κ3) is 2.80. The Morgan fingerprint density at radius 3 is 3.21 bits per heavy atom. The van der Waals surface area contributed by atoms with Gasteiger partial charge in [-0.15, -0.1) is 0 Å². The molecular formula is C15H19N3S. The van der Waals surface area contributed by atoms with Gasteiger partial charge >= 0.3 is 0 Å². The van der Waals surface area contributed by atoms with Crippen LogP contribution in [0.4, 0.5) is 5.82 Å². The van der Waals surface area contributed by atoms with Gasteiger partial charge in [0.15, 0.2) is 0 Å². The number of nitrogens with zero attached hydrogens (tertiary/aromatic N) is 2. The monoisotopic (exact) mass is 273 g/mol. The number of likely N-dealkylation sites (tertiary alicyclic amines) is 1. The normalized spacial score (nSPS) is 19.7. The van der Waals surface area contributed by atoms with Gasteiger partial charge in [0.2, 0.25) is 0 Å². The average molecular weight is 273 g/mol. The maximum Gasteiger partial charge on any atom is 0.125 e. The molecule has 0 bridgehead atoms. The molecule has 1 unspecified atom stereocenters. The number of thiophene rings is 1. The van der Waals surface area contributed by atoms with Crippen LogP contribution in [0.5, 0.6) is 0 Å². The number of aromatic nitrogens is 1. The number of anilines is 1. The number of nitrogens with one attached hydrogen (secondary N) is 1. The van der Waals surface area contributed by atoms with Crippen molar-refractivity contribution in [2.45, 2.75) is 25.4 Å². The van der Waals surface area contributed by atoms with Gasteiger partial charge in [-0.05, 0) is 59.5 Å². The van der Waals surface area contributed by atoms with Crippen LogP contribution < -0.4 is 5.32 Å². The second kappa shape index (κ2) is 5.72. The Bertz CT molecular complexity index is 524. The Labute approximate surface area is 118 Å². The molecule has 1 aliphatic heterocycles. The largest absolute Gasteiger partial charge is 0.373 e. The highest BCUT2D eigenvalue weighted by molar-refractivity contribution is 7.07. The van der Waals surface area contributed by atoms with E-state index in [9.17, 15) is 0 Å². The first-order chi connectivity index (χ1) is 9.36. The fourth-order valence-corrected chi connectivity index (χ4v) is 3.46. The molecule has 1 fully saturated rings. The van der Waals surface area contributed by atoms with Crippen molar-refractivity contribution in [2.75, 3.05) is 18.9 Å². The van der Waals surface area contributed by atoms with Gasteiger partial charge in [-0.1, -0.05) is 0 Å². The van der Waals surface area contributed by atoms with E-state index < -0.39 is 0 Å². The van der Waals surface area contributed by atoms with E-state index in [-0.39, 0.29) is 0 Å². The van der Waals surface area contributed by atoms with Crippen molar-refractivity contribution >= 4 is 17.2 Å². The van der Waals surface area contributed by atoms with E-state index in [0.717, 1.165) is 12.4 Å². The highest BCUT2D eigenvalue weighted by atomic mass is 32.1. The maximum absolute atomic E-state index is 4.30. The molecule has 1 atom stereocenters. The lowest BCUT2D eigenvalue weighted by atomic mass is 10.1. The molecule has 19 heavy (non-hydrogen) atoms. The van der Waals surface area contributed by atoms with Crippen LogP contribution in [0.1, 0.15) is 30.0 Å². The summed E-state index contributed by atoms with van der Waals surface area (Å²) in [4.78, 5) is 6.88. The summed E-state index contributed by atoms with van der Waals surface area (Å²) < 4.78 is 0. The zero-order valence-electron chi connectivity index (χ0n) is 11.2. The van der Waals surface area contributed by atoms with Gasteiger partial charge in [0.05, 0.1) is 0 Å². The van der Waals surface area contributed by atoms with Crippen molar-refractivity contribution < 1.29 is 0 Å². The van der Waals surface area contributed by atoms with E-state index in [4.69, 9.17) is 0 Å². The Morgan fingerprint density at radius 2 is 2.42 bits per heavy atom. The lowest BCUT2D eigenvalue weighted by Gasteiger charge is -2.24. The number of hydrogen-bond acceptors (Lipinski definition) is 4. The summed E-state index contributed by atoms with van der Waals surface area (Å²) in [5.74, 6) is 0.958. The Morgan fingerprint density at radius 1 is 1.47 bits per heavy atom. The third-order valence-electron chi connectivity index (χ3n) is 3.75. The smallest absolute Gasteiger partial charge is 0.125 e. The molecule has 2 aromatic heterocycles. The van der Waals surface area contributed by atoms with Gasteiger partial charge < -0.3 is 5.32 Å². The second-order valence-electron chi connectivity index (χ2n) is 4.98. The van der Waals surface area contributed by atoms with Crippen LogP contribution in [-0.4, -0.2) is 23.5 Å². The lowest BCUT2D eigenvalue weighted by Crippen LogP contribution is -2.22. The summed E-state index contributed by atoms with van der Waals surface area (Å²) in [5, 5.41) is 7.53. The Hall–Kier alpha value is -1.39. The average Bonchev–Trinajstić information content (AvgIpc) is 3.11. The van der Waals surface area contributed by atoms with E-state index >= 15 is 0 Å². The van der Waals surface area contributed by atoms with E-state index in [1.165, 1.54) is 30.5 Å². The summed E-state index contributed by atoms with van der Waals surface area (Å²) in [6.07, 6.45) is 4.44. The van der Waals surface area contributed by atoms with Crippen LogP contribution in [0.3, 0.4) is 0 Å². The van der Waals surface area contributed by atoms with Gasteiger partial charge in [0, 0.05) is 25.8 Å². The van der Waals surface area contributed by atoms with E-state index in [1.807, 2.05) is 13.2 Å². The summed E-state index contributed by atoms with van der Waals surface area (Å²) in [5.41, 5.74) is 2.81. The molecule has 0 radical (unpaired) electrons. The molecule has 4 heteroatoms. The maximum atomic E-state index is 4.30. The molecule has 0 saturated carbocycles. The van der Waals surface area contributed by atoms with Crippen molar-refractivity contribution in [1.82, 2.24) is 9.88 Å². The van der Waals surface area contributed by atoms with Crippen LogP contribution >= 0.6 is 11.3 Å². The Kier molecular flexibility index (Phi) is 3.80. The zero-order valence-corrected chi connectivity index (χ0v) is 12.0. The predicted molar refractivity (Wildman–Crippen MR) is 80.5 cm³/mol. The van der Waals surface area contributed by atoms with Crippen LogP contribution in [0.2, 0.25) is 0 Å². The second-order valence-corrected chi connectivity index (χ2v) is 5.76. The fraction of sp³-hybridized carbons (Fsp3) is 0.400. The topological polar surface area (TPSA) is 28.2 Å². The Balaban J connectivity index is 1.78. The van der Waals surface area contributed by atoms with Crippen molar-refractivity contribution in [1.29, 1.82) is 0 Å². The molecule has 0 amide bonds. The van der Waals surface area contributed by atoms with E-state index in [0.29, 0.717) is 6.04 Å². The van der Waals surface area contributed by atoms with Gasteiger partial charge in [-0.25, -0.2) is 4.98 Å². The van der Waals surface area contributed by atoms with Crippen LogP contribution in [0, 0.1) is 0 Å². The fourth-order valence-electron chi connectivity index (χ4n) is 2.80. The molecule has 0 aromatic carbocycles. The number of rotatable bonds is 4. The highest BCUT2D eigenvalue weighted by Crippen LogP contribution is 2.33. The molecule has 3 heterocycles. The standard InChI is InChI=1S/C15H19N3S/c1-16-15-9-13(4-6-17-15)14-3-2-7-18(14)10-12-5-8-19-11-12/h4-6,8-9,11,14H,2-3,7,10H2,1H3,(H,16,17). The van der Waals surface area contributed by atoms with Gasteiger partial charge in [-0.2, -0.15) is 11.3 Å². The molecule has 3 rings (SSSR count). The predicted octanol–water partition coefficient (Wildman–Crippen LogP) is 3.52. The van der Waals surface area contributed by atoms with Crippen molar-refractivity contribution in [3.8, 4) is 0 Å². The summed E-state index contributed by atoms with van der Waals surface area (Å²) in [6, 6.07) is 7.09. The van der Waals surface area contributed by atoms with Gasteiger partial charge in [0.1, 0.15) is 5.82 Å². The minimum absolute atomic E-state index is 0.537. The minimum Gasteiger partial charge on any atom is -0.373 e. The number of hydrogen-bond donors (Lipinski definition) is 1. The molecule has 100 valence electrons. The highest BCUT2D eigenvalue weighted by Gasteiger charge is 2.26. The first-order valence-corrected chi connectivity index (χ1v) is 7.70. The number of pyridine rings is 1. The zero-order chi connectivity index (χ0) is 13.1. The SMILES string of the molecule is CNc1cc(C2CCCN2Cc2ccsc2)ccn1. The van der Waals surface area contributed by atoms with Gasteiger partial charge in [0.25, 0.3) is 0 Å². The molecule has 0 spiro atoms. The molecular weight excluding hydrogens is 254 g/mol. The molecule has 1 saturated heterocycles. The van der Waals surface area contributed by atoms with Crippen molar-refractivity contribution in [3.05, 3.63) is 46.3 Å². The first-order valence-electron chi connectivity index (χ1n) is 6.75. The molecule has 0 aliphatic carbocycles. The molecule has 3 nitrogen and oxygen atoms in total. The van der Waals surface area contributed by atoms with E-state index in [1.54, 1.807) is 11.3 Å². The first kappa shape index (κ1) is 12.6. The van der Waals surface area contributed by atoms with Gasteiger partial charge in [-0.3, -0.25) is 4.90 Å². The summed E-state index contributed by atoms with van der Waals surface area (Å²) in [7, 11) is 1.92. The van der Waals surface area contributed by atoms with Crippen LogP contribution in [0.15, 0.2) is 35.2 Å². The molecule has 1 N–H and O–H groups in total. The summed E-state index contributed by atoms with van der Waals surface area (Å²) in [6.45, 7) is 2.25. The molecule has 2 aromatic rings. The lowest BCUT2D eigenvalue weighted by molar-refractivity contribution is 0.249. The van der Waals surface area contributed by atoms with Crippen molar-refractivity contribution in [2.24, 2.45) is 0 Å². The van der Waals surface area contributed by atoms with E-state index in [2.05, 4.69) is 44.2 Å². The summed E-state index contributed by atoms with van der Waals surface area (Å²) >= 11 is 1.78. The van der Waals surface area contributed by atoms with Crippen LogP contribution in [0.25, 0.3) is 0 Å². The van der Waals surface area contributed by atoms with Crippen molar-refractivity contribution in [3.63, 3.8) is 0 Å². The third-order valence-corrected chi connectivity index (χ3v) is 4.49.